The lowest BCUT2D eigenvalue weighted by Gasteiger charge is -2.31. The van der Waals surface area contributed by atoms with Gasteiger partial charge >= 0.3 is 6.18 Å². The Hall–Kier alpha value is -4.11. The van der Waals surface area contributed by atoms with Crippen molar-refractivity contribution in [1.82, 2.24) is 15.1 Å². The monoisotopic (exact) mass is 517 g/mol. The highest BCUT2D eigenvalue weighted by atomic mass is 19.4. The molecule has 194 valence electrons. The molecule has 1 fully saturated rings. The van der Waals surface area contributed by atoms with Crippen LogP contribution in [0.1, 0.15) is 40.6 Å². The van der Waals surface area contributed by atoms with Crippen LogP contribution in [-0.2, 0) is 11.3 Å². The smallest absolute Gasteiger partial charge is 0.392 e. The number of nitrogens with zero attached hydrogens (tertiary/aromatic N) is 3. The number of carbonyl (C=O) groups excluding carboxylic acids is 1. The third-order valence-electron chi connectivity index (χ3n) is 6.14. The molecule has 2 unspecified atom stereocenters. The first-order valence-corrected chi connectivity index (χ1v) is 11.3. The molecule has 2 atom stereocenters. The third kappa shape index (κ3) is 5.51. The molecule has 1 saturated heterocycles. The molecule has 0 saturated carbocycles. The Labute approximate surface area is 209 Å². The van der Waals surface area contributed by atoms with E-state index in [-0.39, 0.29) is 54.4 Å². The Balaban J connectivity index is 1.50. The van der Waals surface area contributed by atoms with Crippen LogP contribution >= 0.6 is 0 Å². The molecular formula is C25H23F4N5O3. The predicted octanol–water partition coefficient (Wildman–Crippen LogP) is 4.57. The summed E-state index contributed by atoms with van der Waals surface area (Å²) in [5, 5.41) is 16.6. The largest absolute Gasteiger partial charge is 0.496 e. The highest BCUT2D eigenvalue weighted by Gasteiger charge is 2.43. The molecule has 8 nitrogen and oxygen atoms in total. The van der Waals surface area contributed by atoms with Gasteiger partial charge in [0.15, 0.2) is 6.23 Å². The number of amides is 1. The van der Waals surface area contributed by atoms with Crippen LogP contribution < -0.4 is 15.8 Å². The number of hydrogen-bond acceptors (Lipinski definition) is 6. The third-order valence-corrected chi connectivity index (χ3v) is 6.14. The van der Waals surface area contributed by atoms with E-state index in [0.29, 0.717) is 11.1 Å². The fraction of sp³-hybridized carbons (Fsp3) is 0.320. The van der Waals surface area contributed by atoms with E-state index in [1.54, 1.807) is 24.3 Å². The number of nitrogens with two attached hydrogens (primary N) is 1. The minimum Gasteiger partial charge on any atom is -0.496 e. The number of halogens is 4. The number of rotatable bonds is 6. The first-order chi connectivity index (χ1) is 17.6. The van der Waals surface area contributed by atoms with Crippen molar-refractivity contribution < 1.29 is 31.8 Å². The Morgan fingerprint density at radius 2 is 2.03 bits per heavy atom. The average molecular weight is 517 g/mol. The number of aromatic nitrogens is 2. The van der Waals surface area contributed by atoms with Gasteiger partial charge < -0.3 is 20.5 Å². The van der Waals surface area contributed by atoms with E-state index in [1.165, 1.54) is 19.2 Å². The fourth-order valence-corrected chi connectivity index (χ4v) is 4.14. The van der Waals surface area contributed by atoms with Crippen molar-refractivity contribution in [3.63, 3.8) is 0 Å². The molecule has 2 aromatic carbocycles. The van der Waals surface area contributed by atoms with Gasteiger partial charge in [-0.3, -0.25) is 4.79 Å². The topological polar surface area (TPSA) is 115 Å². The number of carbonyl (C=O) groups is 1. The van der Waals surface area contributed by atoms with Crippen molar-refractivity contribution >= 4 is 11.7 Å². The summed E-state index contributed by atoms with van der Waals surface area (Å²) in [6.07, 6.45) is -5.91. The maximum absolute atomic E-state index is 13.6. The number of nitriles is 1. The first kappa shape index (κ1) is 26.0. The molecule has 1 aromatic heterocycles. The second-order valence-electron chi connectivity index (χ2n) is 8.48. The number of ether oxygens (including phenoxy) is 2. The molecule has 0 aliphatic carbocycles. The molecule has 1 aliphatic heterocycles. The SMILES string of the molecule is COc1ccc(F)cc1C(=O)NCc1ccc(-c2nn(C3CC(C(F)(F)F)CCO3)c(N)c2C#N)cc1. The van der Waals surface area contributed by atoms with Crippen LogP contribution in [-0.4, -0.2) is 35.6 Å². The molecule has 1 amide bonds. The van der Waals surface area contributed by atoms with E-state index in [0.717, 1.165) is 10.7 Å². The quantitative estimate of drug-likeness (QED) is 0.463. The molecule has 0 bridgehead atoms. The van der Waals surface area contributed by atoms with Crippen molar-refractivity contribution in [2.24, 2.45) is 5.92 Å². The van der Waals surface area contributed by atoms with Crippen molar-refractivity contribution in [3.8, 4) is 23.1 Å². The van der Waals surface area contributed by atoms with Crippen molar-refractivity contribution in [3.05, 3.63) is 65.0 Å². The minimum atomic E-state index is -4.37. The van der Waals surface area contributed by atoms with Crippen LogP contribution in [0.5, 0.6) is 5.75 Å². The summed E-state index contributed by atoms with van der Waals surface area (Å²) in [4.78, 5) is 12.5. The average Bonchev–Trinajstić information content (AvgIpc) is 3.23. The van der Waals surface area contributed by atoms with E-state index in [9.17, 15) is 27.6 Å². The summed E-state index contributed by atoms with van der Waals surface area (Å²) < 4.78 is 65.0. The van der Waals surface area contributed by atoms with E-state index in [1.807, 2.05) is 6.07 Å². The number of benzene rings is 2. The van der Waals surface area contributed by atoms with Gasteiger partial charge in [-0.2, -0.15) is 23.5 Å². The summed E-state index contributed by atoms with van der Waals surface area (Å²) in [5.74, 6) is -2.50. The standard InChI is InChI=1S/C25H23F4N5O3/c1-36-20-7-6-17(26)11-18(20)24(35)32-13-14-2-4-15(5-3-14)22-19(12-30)23(31)34(33-22)21-10-16(8-9-37-21)25(27,28)29/h2-7,11,16,21H,8-10,13,31H2,1H3,(H,32,35). The molecule has 3 N–H and O–H groups in total. The maximum atomic E-state index is 13.6. The molecule has 12 heteroatoms. The van der Waals surface area contributed by atoms with Crippen LogP contribution in [0.4, 0.5) is 23.4 Å². The van der Waals surface area contributed by atoms with Crippen LogP contribution in [0.2, 0.25) is 0 Å². The van der Waals surface area contributed by atoms with Crippen molar-refractivity contribution in [1.29, 1.82) is 5.26 Å². The molecule has 1 aliphatic rings. The highest BCUT2D eigenvalue weighted by Crippen LogP contribution is 2.40. The molecule has 37 heavy (non-hydrogen) atoms. The van der Waals surface area contributed by atoms with Crippen LogP contribution in [0.15, 0.2) is 42.5 Å². The van der Waals surface area contributed by atoms with E-state index < -0.39 is 30.0 Å². The number of alkyl halides is 3. The van der Waals surface area contributed by atoms with Gasteiger partial charge in [-0.05, 0) is 30.2 Å². The predicted molar refractivity (Wildman–Crippen MR) is 125 cm³/mol. The number of nitrogens with one attached hydrogen (secondary N) is 1. The number of hydrogen-bond donors (Lipinski definition) is 2. The Morgan fingerprint density at radius 3 is 2.68 bits per heavy atom. The molecule has 0 radical (unpaired) electrons. The van der Waals surface area contributed by atoms with Crippen molar-refractivity contribution in [2.45, 2.75) is 31.8 Å². The normalized spacial score (nSPS) is 17.7. The minimum absolute atomic E-state index is 0.0250. The van der Waals surface area contributed by atoms with Crippen LogP contribution in [0, 0.1) is 23.1 Å². The summed E-state index contributed by atoms with van der Waals surface area (Å²) in [7, 11) is 1.38. The lowest BCUT2D eigenvalue weighted by atomic mass is 9.98. The first-order valence-electron chi connectivity index (χ1n) is 11.3. The lowest BCUT2D eigenvalue weighted by molar-refractivity contribution is -0.210. The highest BCUT2D eigenvalue weighted by molar-refractivity contribution is 5.96. The number of nitrogen functional groups attached to an aromatic ring is 1. The second kappa shape index (κ2) is 10.5. The fourth-order valence-electron chi connectivity index (χ4n) is 4.14. The van der Waals surface area contributed by atoms with Gasteiger partial charge in [-0.15, -0.1) is 0 Å². The lowest BCUT2D eigenvalue weighted by Crippen LogP contribution is -2.33. The molecule has 0 spiro atoms. The van der Waals surface area contributed by atoms with Gasteiger partial charge in [-0.1, -0.05) is 24.3 Å². The van der Waals surface area contributed by atoms with Crippen LogP contribution in [0.3, 0.4) is 0 Å². The summed E-state index contributed by atoms with van der Waals surface area (Å²) >= 11 is 0. The number of anilines is 1. The second-order valence-corrected chi connectivity index (χ2v) is 8.48. The van der Waals surface area contributed by atoms with Gasteiger partial charge in [0.1, 0.15) is 34.7 Å². The van der Waals surface area contributed by atoms with Gasteiger partial charge in [0.05, 0.1) is 18.6 Å². The van der Waals surface area contributed by atoms with Gasteiger partial charge in [0.2, 0.25) is 0 Å². The molecule has 4 rings (SSSR count). The zero-order valence-electron chi connectivity index (χ0n) is 19.7. The zero-order chi connectivity index (χ0) is 26.7. The van der Waals surface area contributed by atoms with E-state index in [2.05, 4.69) is 10.4 Å². The molecular weight excluding hydrogens is 494 g/mol. The summed E-state index contributed by atoms with van der Waals surface area (Å²) in [6, 6.07) is 12.3. The van der Waals surface area contributed by atoms with Crippen molar-refractivity contribution in [2.75, 3.05) is 19.5 Å². The Morgan fingerprint density at radius 1 is 1.30 bits per heavy atom. The van der Waals surface area contributed by atoms with Gasteiger partial charge in [0.25, 0.3) is 5.91 Å². The van der Waals surface area contributed by atoms with E-state index in [4.69, 9.17) is 15.2 Å². The molecule has 2 heterocycles. The molecule has 3 aromatic rings. The zero-order valence-corrected chi connectivity index (χ0v) is 19.7. The van der Waals surface area contributed by atoms with Gasteiger partial charge in [-0.25, -0.2) is 9.07 Å². The maximum Gasteiger partial charge on any atom is 0.392 e. The summed E-state index contributed by atoms with van der Waals surface area (Å²) in [6.45, 7) is 0.0164. The number of methoxy groups -OCH3 is 1. The summed E-state index contributed by atoms with van der Waals surface area (Å²) in [5.41, 5.74) is 7.56. The van der Waals surface area contributed by atoms with Gasteiger partial charge in [0, 0.05) is 25.1 Å². The van der Waals surface area contributed by atoms with Crippen LogP contribution in [0.25, 0.3) is 11.3 Å². The Kier molecular flexibility index (Phi) is 7.35. The Bertz CT molecular complexity index is 1330. The van der Waals surface area contributed by atoms with E-state index >= 15 is 0 Å².